The van der Waals surface area contributed by atoms with Crippen molar-refractivity contribution < 1.29 is 34.0 Å². The van der Waals surface area contributed by atoms with Gasteiger partial charge in [0.15, 0.2) is 0 Å². The SMILES string of the molecule is FB(F)F.[W]. The van der Waals surface area contributed by atoms with Gasteiger partial charge < -0.3 is 0 Å². The average molecular weight is 252 g/mol. The summed E-state index contributed by atoms with van der Waals surface area (Å²) >= 11 is 0. The first-order valence-corrected chi connectivity index (χ1v) is 0.655. The van der Waals surface area contributed by atoms with Crippen molar-refractivity contribution in [3.63, 3.8) is 0 Å². The molecule has 0 radical (unpaired) electrons. The molecule has 0 aromatic heterocycles. The van der Waals surface area contributed by atoms with Crippen molar-refractivity contribution in [1.29, 1.82) is 0 Å². The molecule has 0 aromatic rings. The smallest absolute Gasteiger partial charge is 0.254 e. The van der Waals surface area contributed by atoms with Gasteiger partial charge in [-0.1, -0.05) is 0 Å². The Hall–Kier alpha value is 0.543. The zero-order valence-corrected chi connectivity index (χ0v) is 5.05. The van der Waals surface area contributed by atoms with Crippen LogP contribution in [-0.4, -0.2) is 7.54 Å². The number of hydrogen-bond acceptors (Lipinski definition) is 0. The van der Waals surface area contributed by atoms with Crippen molar-refractivity contribution in [2.24, 2.45) is 0 Å². The maximum atomic E-state index is 9.67. The molecule has 0 aliphatic heterocycles. The Bertz CT molecular complexity index is 11.6. The molecule has 0 saturated heterocycles. The maximum Gasteiger partial charge on any atom is 0.762 e. The van der Waals surface area contributed by atoms with Gasteiger partial charge in [0.2, 0.25) is 0 Å². The van der Waals surface area contributed by atoms with Crippen LogP contribution in [0.4, 0.5) is 12.9 Å². The minimum atomic E-state index is -3.67. The molecule has 0 heterocycles. The van der Waals surface area contributed by atoms with Crippen LogP contribution in [0.2, 0.25) is 0 Å². The second kappa shape index (κ2) is 4.54. The Morgan fingerprint density at radius 3 is 1.00 bits per heavy atom. The van der Waals surface area contributed by atoms with E-state index in [-0.39, 0.29) is 21.1 Å². The fraction of sp³-hybridized carbons (Fsp3) is 0. The summed E-state index contributed by atoms with van der Waals surface area (Å²) in [6.45, 7) is 0. The molecule has 0 unspecified atom stereocenters. The molecule has 5 heavy (non-hydrogen) atoms. The second-order valence-corrected chi connectivity index (χ2v) is 0.247. The third kappa shape index (κ3) is 99.6. The first-order chi connectivity index (χ1) is 1.73. The molecule has 0 fully saturated rings. The van der Waals surface area contributed by atoms with E-state index in [1.165, 1.54) is 0 Å². The van der Waals surface area contributed by atoms with E-state index in [2.05, 4.69) is 0 Å². The molecule has 0 nitrogen and oxygen atoms in total. The summed E-state index contributed by atoms with van der Waals surface area (Å²) in [6.07, 6.45) is 0. The van der Waals surface area contributed by atoms with Gasteiger partial charge in [-0.15, -0.1) is 0 Å². The van der Waals surface area contributed by atoms with E-state index in [4.69, 9.17) is 0 Å². The van der Waals surface area contributed by atoms with E-state index in [1.54, 1.807) is 0 Å². The Labute approximate surface area is 42.2 Å². The van der Waals surface area contributed by atoms with Gasteiger partial charge in [-0.2, -0.15) is 0 Å². The quantitative estimate of drug-likeness (QED) is 0.561. The topological polar surface area (TPSA) is 0 Å². The molecule has 5 heteroatoms. The van der Waals surface area contributed by atoms with Crippen molar-refractivity contribution in [2.45, 2.75) is 0 Å². The predicted molar refractivity (Wildman–Crippen MR) is 9.08 cm³/mol. The van der Waals surface area contributed by atoms with E-state index < -0.39 is 7.54 Å². The Balaban J connectivity index is 0. The summed E-state index contributed by atoms with van der Waals surface area (Å²) in [7, 11) is -3.67. The molecular weight excluding hydrogens is 252 g/mol. The van der Waals surface area contributed by atoms with Gasteiger partial charge in [0.25, 0.3) is 0 Å². The van der Waals surface area contributed by atoms with Crippen LogP contribution < -0.4 is 0 Å². The van der Waals surface area contributed by atoms with Crippen LogP contribution in [0.1, 0.15) is 0 Å². The molecule has 0 aliphatic rings. The molecule has 0 aliphatic carbocycles. The number of halogens is 3. The predicted octanol–water partition coefficient (Wildman–Crippen LogP) is 0.877. The van der Waals surface area contributed by atoms with Gasteiger partial charge in [0.05, 0.1) is 0 Å². The van der Waals surface area contributed by atoms with Crippen molar-refractivity contribution >= 4 is 7.54 Å². The summed E-state index contributed by atoms with van der Waals surface area (Å²) < 4.78 is 29.0. The molecule has 0 rings (SSSR count). The first-order valence-electron chi connectivity index (χ1n) is 0.655. The molecule has 0 atom stereocenters. The maximum absolute atomic E-state index is 9.67. The Morgan fingerprint density at radius 2 is 1.00 bits per heavy atom. The van der Waals surface area contributed by atoms with Gasteiger partial charge >= 0.3 is 7.54 Å². The Kier molecular flexibility index (Phi) is 8.28. The van der Waals surface area contributed by atoms with E-state index in [9.17, 15) is 12.9 Å². The third-order valence-corrected chi connectivity index (χ3v) is 0. The zero-order valence-electron chi connectivity index (χ0n) is 2.12. The summed E-state index contributed by atoms with van der Waals surface area (Å²) in [5, 5.41) is 0. The molecule has 0 amide bonds. The zero-order chi connectivity index (χ0) is 3.58. The summed E-state index contributed by atoms with van der Waals surface area (Å²) in [6, 6.07) is 0. The van der Waals surface area contributed by atoms with Crippen molar-refractivity contribution in [3.8, 4) is 0 Å². The fourth-order valence-electron chi connectivity index (χ4n) is 0. The van der Waals surface area contributed by atoms with Crippen LogP contribution in [0.25, 0.3) is 0 Å². The van der Waals surface area contributed by atoms with E-state index in [1.807, 2.05) is 0 Å². The van der Waals surface area contributed by atoms with Gasteiger partial charge in [-0.3, -0.25) is 12.9 Å². The van der Waals surface area contributed by atoms with Crippen LogP contribution >= 0.6 is 0 Å². The van der Waals surface area contributed by atoms with Gasteiger partial charge in [0.1, 0.15) is 0 Å². The van der Waals surface area contributed by atoms with Gasteiger partial charge in [-0.25, -0.2) is 0 Å². The van der Waals surface area contributed by atoms with E-state index >= 15 is 0 Å². The molecule has 0 aromatic carbocycles. The van der Waals surface area contributed by atoms with Gasteiger partial charge in [0, 0.05) is 21.1 Å². The molecular formula is BF3W. The third-order valence-electron chi connectivity index (χ3n) is 0. The van der Waals surface area contributed by atoms with E-state index in [0.717, 1.165) is 0 Å². The number of hydrogen-bond donors (Lipinski definition) is 0. The summed E-state index contributed by atoms with van der Waals surface area (Å²) in [5.41, 5.74) is 0. The fourth-order valence-corrected chi connectivity index (χ4v) is 0. The largest absolute Gasteiger partial charge is 0.762 e. The Morgan fingerprint density at radius 1 is 1.00 bits per heavy atom. The normalized spacial score (nSPS) is 5.40. The molecule has 0 saturated carbocycles. The second-order valence-electron chi connectivity index (χ2n) is 0.247. The van der Waals surface area contributed by atoms with Crippen molar-refractivity contribution in [1.82, 2.24) is 0 Å². The van der Waals surface area contributed by atoms with Gasteiger partial charge in [-0.05, 0) is 0 Å². The summed E-state index contributed by atoms with van der Waals surface area (Å²) in [5.74, 6) is 0. The van der Waals surface area contributed by atoms with Crippen LogP contribution in [0.5, 0.6) is 0 Å². The monoisotopic (exact) mass is 252 g/mol. The van der Waals surface area contributed by atoms with Crippen LogP contribution in [0, 0.1) is 0 Å². The van der Waals surface area contributed by atoms with Crippen molar-refractivity contribution in [2.75, 3.05) is 0 Å². The molecule has 30 valence electrons. The molecule has 0 spiro atoms. The minimum absolute atomic E-state index is 0. The summed E-state index contributed by atoms with van der Waals surface area (Å²) in [4.78, 5) is 0. The van der Waals surface area contributed by atoms with Crippen LogP contribution in [0.3, 0.4) is 0 Å². The number of rotatable bonds is 0. The van der Waals surface area contributed by atoms with Crippen LogP contribution in [-0.2, 0) is 21.1 Å². The standard InChI is InChI=1S/BF3.W/c2-1(3)4;. The van der Waals surface area contributed by atoms with Crippen LogP contribution in [0.15, 0.2) is 0 Å². The minimum Gasteiger partial charge on any atom is -0.254 e. The average Bonchev–Trinajstić information content (AvgIpc) is 0.811. The molecule has 0 N–H and O–H groups in total. The first kappa shape index (κ1) is 9.11. The van der Waals surface area contributed by atoms with Crippen molar-refractivity contribution in [3.05, 3.63) is 0 Å². The molecule has 0 bridgehead atoms. The van der Waals surface area contributed by atoms with E-state index in [0.29, 0.717) is 0 Å².